The van der Waals surface area contributed by atoms with E-state index in [0.29, 0.717) is 10.2 Å². The lowest BCUT2D eigenvalue weighted by atomic mass is 10.1. The highest BCUT2D eigenvalue weighted by Crippen LogP contribution is 2.16. The first-order chi connectivity index (χ1) is 5.70. The SMILES string of the molecule is CCC(Br)CCCCC(Cl)CBr. The van der Waals surface area contributed by atoms with Gasteiger partial charge in [0.2, 0.25) is 0 Å². The molecule has 74 valence electrons. The Morgan fingerprint density at radius 3 is 2.33 bits per heavy atom. The fourth-order valence-electron chi connectivity index (χ4n) is 1.01. The van der Waals surface area contributed by atoms with Crippen molar-refractivity contribution in [1.82, 2.24) is 0 Å². The number of alkyl halides is 3. The van der Waals surface area contributed by atoms with Crippen molar-refractivity contribution in [3.8, 4) is 0 Å². The number of rotatable bonds is 7. The Balaban J connectivity index is 3.10. The average molecular weight is 320 g/mol. The summed E-state index contributed by atoms with van der Waals surface area (Å²) in [5, 5.41) is 1.24. The summed E-state index contributed by atoms with van der Waals surface area (Å²) in [6.07, 6.45) is 6.18. The van der Waals surface area contributed by atoms with Crippen molar-refractivity contribution in [3.05, 3.63) is 0 Å². The molecule has 0 aliphatic rings. The molecule has 0 heterocycles. The van der Waals surface area contributed by atoms with Gasteiger partial charge in [0.25, 0.3) is 0 Å². The summed E-state index contributed by atoms with van der Waals surface area (Å²) in [7, 11) is 0. The molecule has 0 aromatic heterocycles. The monoisotopic (exact) mass is 318 g/mol. The van der Waals surface area contributed by atoms with Crippen LogP contribution in [0.5, 0.6) is 0 Å². The molecule has 0 N–H and O–H groups in total. The zero-order chi connectivity index (χ0) is 9.40. The highest BCUT2D eigenvalue weighted by atomic mass is 79.9. The lowest BCUT2D eigenvalue weighted by Crippen LogP contribution is -2.00. The van der Waals surface area contributed by atoms with Crippen LogP contribution >= 0.6 is 43.5 Å². The van der Waals surface area contributed by atoms with E-state index in [2.05, 4.69) is 38.8 Å². The van der Waals surface area contributed by atoms with E-state index in [4.69, 9.17) is 11.6 Å². The highest BCUT2D eigenvalue weighted by molar-refractivity contribution is 9.09. The number of hydrogen-bond donors (Lipinski definition) is 0. The fourth-order valence-corrected chi connectivity index (χ4v) is 1.81. The van der Waals surface area contributed by atoms with Crippen LogP contribution in [-0.4, -0.2) is 15.5 Å². The van der Waals surface area contributed by atoms with Crippen molar-refractivity contribution in [2.24, 2.45) is 0 Å². The van der Waals surface area contributed by atoms with Gasteiger partial charge in [0, 0.05) is 15.5 Å². The normalized spacial score (nSPS) is 16.0. The first kappa shape index (κ1) is 13.2. The number of halogens is 3. The molecule has 0 bridgehead atoms. The molecular weight excluding hydrogens is 303 g/mol. The molecule has 0 spiro atoms. The Bertz CT molecular complexity index is 86.5. The summed E-state index contributed by atoms with van der Waals surface area (Å²) in [5.41, 5.74) is 0. The van der Waals surface area contributed by atoms with Crippen LogP contribution in [0, 0.1) is 0 Å². The Hall–Kier alpha value is 1.25. The Morgan fingerprint density at radius 1 is 1.25 bits per heavy atom. The second-order valence-corrected chi connectivity index (χ2v) is 5.60. The molecule has 0 saturated carbocycles. The second kappa shape index (κ2) is 8.83. The third-order valence-electron chi connectivity index (χ3n) is 1.90. The number of hydrogen-bond acceptors (Lipinski definition) is 0. The average Bonchev–Trinajstić information content (AvgIpc) is 2.11. The van der Waals surface area contributed by atoms with E-state index >= 15 is 0 Å². The van der Waals surface area contributed by atoms with Gasteiger partial charge in [-0.15, -0.1) is 11.6 Å². The van der Waals surface area contributed by atoms with E-state index in [9.17, 15) is 0 Å². The van der Waals surface area contributed by atoms with Crippen molar-refractivity contribution in [3.63, 3.8) is 0 Å². The van der Waals surface area contributed by atoms with Gasteiger partial charge in [-0.3, -0.25) is 0 Å². The molecule has 0 amide bonds. The van der Waals surface area contributed by atoms with Crippen LogP contribution in [0.4, 0.5) is 0 Å². The fraction of sp³-hybridized carbons (Fsp3) is 1.00. The van der Waals surface area contributed by atoms with Crippen LogP contribution in [0.1, 0.15) is 39.0 Å². The quantitative estimate of drug-likeness (QED) is 0.470. The molecule has 2 atom stereocenters. The molecule has 2 unspecified atom stereocenters. The van der Waals surface area contributed by atoms with E-state index < -0.39 is 0 Å². The predicted molar refractivity (Wildman–Crippen MR) is 64.9 cm³/mol. The predicted octanol–water partition coefficient (Wildman–Crippen LogP) is 4.72. The van der Waals surface area contributed by atoms with Gasteiger partial charge in [-0.2, -0.15) is 0 Å². The standard InChI is InChI=1S/C9H17Br2Cl/c1-2-8(11)5-3-4-6-9(12)7-10/h8-9H,2-7H2,1H3. The van der Waals surface area contributed by atoms with Crippen LogP contribution in [-0.2, 0) is 0 Å². The molecule has 0 saturated heterocycles. The van der Waals surface area contributed by atoms with Crippen molar-refractivity contribution < 1.29 is 0 Å². The summed E-state index contributed by atoms with van der Waals surface area (Å²) in [6.45, 7) is 2.21. The summed E-state index contributed by atoms with van der Waals surface area (Å²) >= 11 is 12.9. The van der Waals surface area contributed by atoms with Gasteiger partial charge in [-0.1, -0.05) is 51.6 Å². The van der Waals surface area contributed by atoms with Crippen LogP contribution in [0.2, 0.25) is 0 Å². The maximum Gasteiger partial charge on any atom is 0.0432 e. The summed E-state index contributed by atoms with van der Waals surface area (Å²) < 4.78 is 0. The summed E-state index contributed by atoms with van der Waals surface area (Å²) in [4.78, 5) is 0.704. The van der Waals surface area contributed by atoms with Gasteiger partial charge in [0.1, 0.15) is 0 Å². The molecule has 0 aliphatic carbocycles. The lowest BCUT2D eigenvalue weighted by molar-refractivity contribution is 0.620. The maximum absolute atomic E-state index is 5.96. The molecule has 0 aliphatic heterocycles. The van der Waals surface area contributed by atoms with E-state index in [1.54, 1.807) is 0 Å². The van der Waals surface area contributed by atoms with Gasteiger partial charge >= 0.3 is 0 Å². The molecule has 12 heavy (non-hydrogen) atoms. The largest absolute Gasteiger partial charge is 0.122 e. The van der Waals surface area contributed by atoms with Crippen LogP contribution in [0.3, 0.4) is 0 Å². The minimum Gasteiger partial charge on any atom is -0.122 e. The Kier molecular flexibility index (Phi) is 9.75. The molecule has 0 fully saturated rings. The van der Waals surface area contributed by atoms with Crippen LogP contribution in [0.15, 0.2) is 0 Å². The zero-order valence-corrected chi connectivity index (χ0v) is 11.5. The maximum atomic E-state index is 5.96. The molecule has 0 radical (unpaired) electrons. The van der Waals surface area contributed by atoms with Crippen molar-refractivity contribution >= 4 is 43.5 Å². The van der Waals surface area contributed by atoms with E-state index in [0.717, 1.165) is 11.8 Å². The molecule has 0 aromatic carbocycles. The molecule has 0 nitrogen and oxygen atoms in total. The van der Waals surface area contributed by atoms with Gasteiger partial charge in [0.15, 0.2) is 0 Å². The summed E-state index contributed by atoms with van der Waals surface area (Å²) in [5.74, 6) is 0. The molecule has 0 rings (SSSR count). The lowest BCUT2D eigenvalue weighted by Gasteiger charge is -2.07. The third-order valence-corrected chi connectivity index (χ3v) is 4.53. The first-order valence-corrected chi connectivity index (χ1v) is 7.02. The second-order valence-electron chi connectivity index (χ2n) is 3.04. The third kappa shape index (κ3) is 7.88. The van der Waals surface area contributed by atoms with Gasteiger partial charge in [-0.05, 0) is 19.3 Å². The van der Waals surface area contributed by atoms with Crippen LogP contribution < -0.4 is 0 Å². The highest BCUT2D eigenvalue weighted by Gasteiger charge is 2.03. The minimum absolute atomic E-state index is 0.320. The molecule has 0 aromatic rings. The molecular formula is C9H17Br2Cl. The van der Waals surface area contributed by atoms with Crippen molar-refractivity contribution in [2.45, 2.75) is 49.2 Å². The van der Waals surface area contributed by atoms with Crippen molar-refractivity contribution in [2.75, 3.05) is 5.33 Å². The smallest absolute Gasteiger partial charge is 0.0432 e. The van der Waals surface area contributed by atoms with Gasteiger partial charge in [-0.25, -0.2) is 0 Å². The van der Waals surface area contributed by atoms with Crippen molar-refractivity contribution in [1.29, 1.82) is 0 Å². The summed E-state index contributed by atoms with van der Waals surface area (Å²) in [6, 6.07) is 0. The van der Waals surface area contributed by atoms with E-state index in [1.807, 2.05) is 0 Å². The number of unbranched alkanes of at least 4 members (excludes halogenated alkanes) is 1. The van der Waals surface area contributed by atoms with E-state index in [-0.39, 0.29) is 0 Å². The zero-order valence-electron chi connectivity index (χ0n) is 7.53. The van der Waals surface area contributed by atoms with Gasteiger partial charge < -0.3 is 0 Å². The van der Waals surface area contributed by atoms with Crippen LogP contribution in [0.25, 0.3) is 0 Å². The van der Waals surface area contributed by atoms with E-state index in [1.165, 1.54) is 25.7 Å². The minimum atomic E-state index is 0.320. The molecule has 3 heteroatoms. The first-order valence-electron chi connectivity index (χ1n) is 4.54. The van der Waals surface area contributed by atoms with Gasteiger partial charge in [0.05, 0.1) is 0 Å². The Morgan fingerprint density at radius 2 is 1.83 bits per heavy atom. The topological polar surface area (TPSA) is 0 Å². The Labute approximate surface area is 97.7 Å².